The van der Waals surface area contributed by atoms with Crippen molar-refractivity contribution in [1.29, 1.82) is 0 Å². The predicted octanol–water partition coefficient (Wildman–Crippen LogP) is 1.54. The lowest BCUT2D eigenvalue weighted by atomic mass is 10.2. The van der Waals surface area contributed by atoms with Crippen molar-refractivity contribution in [3.8, 4) is 0 Å². The molecule has 0 fully saturated rings. The Morgan fingerprint density at radius 2 is 2.20 bits per heavy atom. The number of hydrogen-bond donors (Lipinski definition) is 3. The number of aromatic amines is 1. The summed E-state index contributed by atoms with van der Waals surface area (Å²) in [5.74, 6) is 0. The summed E-state index contributed by atoms with van der Waals surface area (Å²) in [6.45, 7) is 0.766. The van der Waals surface area contributed by atoms with Crippen LogP contribution in [0.1, 0.15) is 5.69 Å². The quantitative estimate of drug-likeness (QED) is 0.686. The molecule has 0 saturated carbocycles. The normalized spacial score (nSPS) is 10.4. The number of aromatic nitrogens is 1. The van der Waals surface area contributed by atoms with E-state index in [0.717, 1.165) is 13.0 Å². The van der Waals surface area contributed by atoms with Gasteiger partial charge in [0, 0.05) is 24.2 Å². The number of H-pyrrole nitrogens is 1. The number of thiocarbonyl (C=S) groups is 1. The SMILES string of the molecule is NC(=S)NCCc1cc2ccccc2[nH]1. The summed E-state index contributed by atoms with van der Waals surface area (Å²) >= 11 is 4.73. The first kappa shape index (κ1) is 9.98. The first-order valence-corrected chi connectivity index (χ1v) is 5.26. The summed E-state index contributed by atoms with van der Waals surface area (Å²) in [4.78, 5) is 3.35. The highest BCUT2D eigenvalue weighted by atomic mass is 32.1. The van der Waals surface area contributed by atoms with Crippen molar-refractivity contribution in [3.63, 3.8) is 0 Å². The molecule has 0 aliphatic heterocycles. The largest absolute Gasteiger partial charge is 0.376 e. The molecule has 15 heavy (non-hydrogen) atoms. The molecule has 3 nitrogen and oxygen atoms in total. The minimum Gasteiger partial charge on any atom is -0.376 e. The van der Waals surface area contributed by atoms with E-state index in [0.29, 0.717) is 5.11 Å². The predicted molar refractivity (Wildman–Crippen MR) is 66.8 cm³/mol. The molecule has 0 spiro atoms. The second kappa shape index (κ2) is 4.31. The van der Waals surface area contributed by atoms with Crippen molar-refractivity contribution in [1.82, 2.24) is 10.3 Å². The van der Waals surface area contributed by atoms with E-state index in [-0.39, 0.29) is 0 Å². The number of nitrogens with two attached hydrogens (primary N) is 1. The van der Waals surface area contributed by atoms with Gasteiger partial charge in [-0.15, -0.1) is 0 Å². The molecule has 0 saturated heterocycles. The molecule has 0 unspecified atom stereocenters. The second-order valence-electron chi connectivity index (χ2n) is 3.42. The van der Waals surface area contributed by atoms with Gasteiger partial charge < -0.3 is 16.0 Å². The van der Waals surface area contributed by atoms with Crippen LogP contribution in [0.3, 0.4) is 0 Å². The third kappa shape index (κ3) is 2.47. The first-order chi connectivity index (χ1) is 7.25. The number of nitrogens with one attached hydrogen (secondary N) is 2. The van der Waals surface area contributed by atoms with E-state index in [1.807, 2.05) is 12.1 Å². The first-order valence-electron chi connectivity index (χ1n) is 4.85. The summed E-state index contributed by atoms with van der Waals surface area (Å²) in [6, 6.07) is 10.4. The minimum absolute atomic E-state index is 0.353. The molecule has 1 aromatic carbocycles. The molecule has 4 heteroatoms. The zero-order chi connectivity index (χ0) is 10.7. The summed E-state index contributed by atoms with van der Waals surface area (Å²) in [6.07, 6.45) is 0.895. The van der Waals surface area contributed by atoms with E-state index in [9.17, 15) is 0 Å². The van der Waals surface area contributed by atoms with Gasteiger partial charge in [-0.05, 0) is 29.7 Å². The third-order valence-electron chi connectivity index (χ3n) is 2.28. The fraction of sp³-hybridized carbons (Fsp3) is 0.182. The molecular weight excluding hydrogens is 206 g/mol. The highest BCUT2D eigenvalue weighted by Gasteiger charge is 1.99. The van der Waals surface area contributed by atoms with Crippen LogP contribution in [0.2, 0.25) is 0 Å². The maximum atomic E-state index is 5.34. The van der Waals surface area contributed by atoms with Gasteiger partial charge in [-0.2, -0.15) is 0 Å². The van der Waals surface area contributed by atoms with Gasteiger partial charge in [0.25, 0.3) is 0 Å². The fourth-order valence-electron chi connectivity index (χ4n) is 1.59. The summed E-state index contributed by atoms with van der Waals surface area (Å²) < 4.78 is 0. The van der Waals surface area contributed by atoms with Gasteiger partial charge in [0.1, 0.15) is 0 Å². The van der Waals surface area contributed by atoms with E-state index < -0.39 is 0 Å². The molecule has 0 amide bonds. The molecule has 0 aliphatic rings. The van der Waals surface area contributed by atoms with Crippen LogP contribution in [0.15, 0.2) is 30.3 Å². The Labute approximate surface area is 93.7 Å². The van der Waals surface area contributed by atoms with E-state index in [4.69, 9.17) is 18.0 Å². The number of rotatable bonds is 3. The van der Waals surface area contributed by atoms with Gasteiger partial charge in [-0.1, -0.05) is 18.2 Å². The lowest BCUT2D eigenvalue weighted by Gasteiger charge is -2.00. The van der Waals surface area contributed by atoms with Gasteiger partial charge in [0.2, 0.25) is 0 Å². The second-order valence-corrected chi connectivity index (χ2v) is 3.86. The molecule has 78 valence electrons. The third-order valence-corrected chi connectivity index (χ3v) is 2.42. The number of fused-ring (bicyclic) bond motifs is 1. The maximum Gasteiger partial charge on any atom is 0.163 e. The Morgan fingerprint density at radius 3 is 2.93 bits per heavy atom. The fourth-order valence-corrected chi connectivity index (χ4v) is 1.69. The van der Waals surface area contributed by atoms with Crippen molar-refractivity contribution in [2.75, 3.05) is 6.54 Å². The van der Waals surface area contributed by atoms with Crippen LogP contribution in [0.5, 0.6) is 0 Å². The Bertz CT molecular complexity index is 442. The smallest absolute Gasteiger partial charge is 0.163 e. The Balaban J connectivity index is 2.05. The highest BCUT2D eigenvalue weighted by molar-refractivity contribution is 7.80. The van der Waals surface area contributed by atoms with Crippen molar-refractivity contribution in [2.45, 2.75) is 6.42 Å². The lowest BCUT2D eigenvalue weighted by molar-refractivity contribution is 0.853. The molecule has 1 heterocycles. The van der Waals surface area contributed by atoms with Crippen LogP contribution in [-0.2, 0) is 6.42 Å². The standard InChI is InChI=1S/C11H13N3S/c12-11(15)13-6-5-9-7-8-3-1-2-4-10(8)14-9/h1-4,7,14H,5-6H2,(H3,12,13,15). The van der Waals surface area contributed by atoms with E-state index in [1.165, 1.54) is 16.6 Å². The molecule has 2 rings (SSSR count). The Kier molecular flexibility index (Phi) is 2.87. The van der Waals surface area contributed by atoms with Crippen LogP contribution in [0, 0.1) is 0 Å². The van der Waals surface area contributed by atoms with Gasteiger partial charge in [0.05, 0.1) is 0 Å². The van der Waals surface area contributed by atoms with E-state index in [1.54, 1.807) is 0 Å². The topological polar surface area (TPSA) is 53.8 Å². The van der Waals surface area contributed by atoms with Crippen LogP contribution in [0.4, 0.5) is 0 Å². The molecular formula is C11H13N3S. The van der Waals surface area contributed by atoms with E-state index in [2.05, 4.69) is 28.5 Å². The van der Waals surface area contributed by atoms with Crippen LogP contribution in [-0.4, -0.2) is 16.6 Å². The molecule has 0 atom stereocenters. The average molecular weight is 219 g/mol. The van der Waals surface area contributed by atoms with E-state index >= 15 is 0 Å². The van der Waals surface area contributed by atoms with Crippen molar-refractivity contribution in [3.05, 3.63) is 36.0 Å². The van der Waals surface area contributed by atoms with Crippen molar-refractivity contribution < 1.29 is 0 Å². The molecule has 2 aromatic rings. The summed E-state index contributed by atoms with van der Waals surface area (Å²) in [5.41, 5.74) is 7.71. The minimum atomic E-state index is 0.353. The molecule has 0 radical (unpaired) electrons. The highest BCUT2D eigenvalue weighted by Crippen LogP contribution is 2.14. The summed E-state index contributed by atoms with van der Waals surface area (Å²) in [5, 5.41) is 4.52. The van der Waals surface area contributed by atoms with Crippen LogP contribution in [0.25, 0.3) is 10.9 Å². The summed E-state index contributed by atoms with van der Waals surface area (Å²) in [7, 11) is 0. The van der Waals surface area contributed by atoms with Crippen molar-refractivity contribution in [2.24, 2.45) is 5.73 Å². The zero-order valence-corrected chi connectivity index (χ0v) is 9.10. The van der Waals surface area contributed by atoms with Gasteiger partial charge in [-0.25, -0.2) is 0 Å². The number of hydrogen-bond acceptors (Lipinski definition) is 1. The molecule has 0 aliphatic carbocycles. The molecule has 1 aromatic heterocycles. The Hall–Kier alpha value is -1.55. The molecule has 0 bridgehead atoms. The zero-order valence-electron chi connectivity index (χ0n) is 8.29. The Morgan fingerprint density at radius 1 is 1.40 bits per heavy atom. The lowest BCUT2D eigenvalue weighted by Crippen LogP contribution is -2.30. The van der Waals surface area contributed by atoms with Gasteiger partial charge in [-0.3, -0.25) is 0 Å². The number of para-hydroxylation sites is 1. The van der Waals surface area contributed by atoms with Gasteiger partial charge >= 0.3 is 0 Å². The molecule has 4 N–H and O–H groups in total. The van der Waals surface area contributed by atoms with Crippen LogP contribution >= 0.6 is 12.2 Å². The average Bonchev–Trinajstić information content (AvgIpc) is 2.59. The number of benzene rings is 1. The monoisotopic (exact) mass is 219 g/mol. The van der Waals surface area contributed by atoms with Crippen LogP contribution < -0.4 is 11.1 Å². The van der Waals surface area contributed by atoms with Gasteiger partial charge in [0.15, 0.2) is 5.11 Å². The maximum absolute atomic E-state index is 5.34. The van der Waals surface area contributed by atoms with Crippen molar-refractivity contribution >= 4 is 28.2 Å².